The van der Waals surface area contributed by atoms with E-state index in [0.29, 0.717) is 25.4 Å². The Kier molecular flexibility index (Phi) is 6.99. The summed E-state index contributed by atoms with van der Waals surface area (Å²) in [6.45, 7) is 4.66. The first-order valence-electron chi connectivity index (χ1n) is 8.55. The molecular weight excluding hydrogens is 352 g/mol. The summed E-state index contributed by atoms with van der Waals surface area (Å²) in [5, 5.41) is 0. The number of hydrogen-bond acceptors (Lipinski definition) is 4. The third kappa shape index (κ3) is 6.31. The SMILES string of the molecule is CC(C)CN(CC(=O)N(Cc1ccccc1)Cc1ccco1)S(C)(=O)=O. The second-order valence-corrected chi connectivity index (χ2v) is 8.75. The second kappa shape index (κ2) is 9.00. The molecule has 0 saturated heterocycles. The Balaban J connectivity index is 2.18. The summed E-state index contributed by atoms with van der Waals surface area (Å²) < 4.78 is 30.7. The van der Waals surface area contributed by atoms with E-state index in [9.17, 15) is 13.2 Å². The van der Waals surface area contributed by atoms with Crippen LogP contribution in [0.4, 0.5) is 0 Å². The van der Waals surface area contributed by atoms with E-state index in [1.165, 1.54) is 4.31 Å². The molecule has 0 atom stereocenters. The van der Waals surface area contributed by atoms with Crippen molar-refractivity contribution in [2.75, 3.05) is 19.3 Å². The molecule has 0 aliphatic carbocycles. The number of carbonyl (C=O) groups excluding carboxylic acids is 1. The second-order valence-electron chi connectivity index (χ2n) is 6.76. The highest BCUT2D eigenvalue weighted by Gasteiger charge is 2.25. The molecule has 0 N–H and O–H groups in total. The Morgan fingerprint density at radius 3 is 2.31 bits per heavy atom. The predicted octanol–water partition coefficient (Wildman–Crippen LogP) is 2.73. The average Bonchev–Trinajstić information content (AvgIpc) is 3.06. The Bertz CT molecular complexity index is 786. The van der Waals surface area contributed by atoms with Crippen molar-refractivity contribution in [1.82, 2.24) is 9.21 Å². The molecule has 1 aromatic carbocycles. The maximum atomic E-state index is 12.9. The van der Waals surface area contributed by atoms with Gasteiger partial charge in [0.25, 0.3) is 0 Å². The van der Waals surface area contributed by atoms with Crippen LogP contribution in [0.15, 0.2) is 53.1 Å². The van der Waals surface area contributed by atoms with Crippen LogP contribution in [0.5, 0.6) is 0 Å². The van der Waals surface area contributed by atoms with Crippen molar-refractivity contribution < 1.29 is 17.6 Å². The van der Waals surface area contributed by atoms with E-state index in [2.05, 4.69) is 0 Å². The summed E-state index contributed by atoms with van der Waals surface area (Å²) >= 11 is 0. The van der Waals surface area contributed by atoms with Crippen LogP contribution in [0, 0.1) is 5.92 Å². The molecule has 26 heavy (non-hydrogen) atoms. The zero-order valence-corrected chi connectivity index (χ0v) is 16.3. The number of carbonyl (C=O) groups is 1. The number of hydrogen-bond donors (Lipinski definition) is 0. The topological polar surface area (TPSA) is 70.8 Å². The lowest BCUT2D eigenvalue weighted by atomic mass is 10.2. The lowest BCUT2D eigenvalue weighted by Gasteiger charge is -2.27. The maximum absolute atomic E-state index is 12.9. The summed E-state index contributed by atoms with van der Waals surface area (Å²) in [5.41, 5.74) is 0.974. The van der Waals surface area contributed by atoms with E-state index in [-0.39, 0.29) is 18.4 Å². The van der Waals surface area contributed by atoms with Crippen LogP contribution in [0.25, 0.3) is 0 Å². The molecule has 1 heterocycles. The fourth-order valence-electron chi connectivity index (χ4n) is 2.60. The smallest absolute Gasteiger partial charge is 0.238 e. The molecule has 0 aliphatic heterocycles. The van der Waals surface area contributed by atoms with Gasteiger partial charge in [-0.15, -0.1) is 0 Å². The van der Waals surface area contributed by atoms with Crippen LogP contribution in [-0.2, 0) is 27.9 Å². The van der Waals surface area contributed by atoms with Crippen molar-refractivity contribution >= 4 is 15.9 Å². The summed E-state index contributed by atoms with van der Waals surface area (Å²) in [6.07, 6.45) is 2.69. The van der Waals surface area contributed by atoms with Crippen molar-refractivity contribution in [2.45, 2.75) is 26.9 Å². The van der Waals surface area contributed by atoms with Crippen molar-refractivity contribution in [3.63, 3.8) is 0 Å². The lowest BCUT2D eigenvalue weighted by Crippen LogP contribution is -2.43. The fraction of sp³-hybridized carbons (Fsp3) is 0.421. The molecule has 0 unspecified atom stereocenters. The minimum Gasteiger partial charge on any atom is -0.467 e. The highest BCUT2D eigenvalue weighted by Crippen LogP contribution is 2.13. The fourth-order valence-corrected chi connectivity index (χ4v) is 3.52. The minimum atomic E-state index is -3.46. The molecule has 0 radical (unpaired) electrons. The number of benzene rings is 1. The molecule has 0 saturated carbocycles. The van der Waals surface area contributed by atoms with Gasteiger partial charge in [0.05, 0.1) is 25.6 Å². The summed E-state index contributed by atoms with van der Waals surface area (Å²) in [5.74, 6) is 0.533. The van der Waals surface area contributed by atoms with Gasteiger partial charge in [-0.3, -0.25) is 4.79 Å². The average molecular weight is 378 g/mol. The third-order valence-electron chi connectivity index (χ3n) is 3.85. The van der Waals surface area contributed by atoms with E-state index in [1.807, 2.05) is 44.2 Å². The standard InChI is InChI=1S/C19H26N2O4S/c1-16(2)12-21(26(3,23)24)15-19(22)20(14-18-10-7-11-25-18)13-17-8-5-4-6-9-17/h4-11,16H,12-15H2,1-3H3. The normalized spacial score (nSPS) is 11.9. The molecule has 0 fully saturated rings. The van der Waals surface area contributed by atoms with E-state index in [4.69, 9.17) is 4.42 Å². The molecule has 2 rings (SSSR count). The van der Waals surface area contributed by atoms with Gasteiger partial charge in [-0.2, -0.15) is 4.31 Å². The van der Waals surface area contributed by atoms with Gasteiger partial charge in [-0.05, 0) is 23.6 Å². The Morgan fingerprint density at radius 2 is 1.77 bits per heavy atom. The zero-order chi connectivity index (χ0) is 19.2. The quantitative estimate of drug-likeness (QED) is 0.673. The van der Waals surface area contributed by atoms with Gasteiger partial charge in [0.2, 0.25) is 15.9 Å². The van der Waals surface area contributed by atoms with Gasteiger partial charge in [0.15, 0.2) is 0 Å². The Morgan fingerprint density at radius 1 is 1.08 bits per heavy atom. The first-order chi connectivity index (χ1) is 12.3. The van der Waals surface area contributed by atoms with Gasteiger partial charge in [0.1, 0.15) is 5.76 Å². The molecular formula is C19H26N2O4S. The number of sulfonamides is 1. The summed E-state index contributed by atoms with van der Waals surface area (Å²) in [4.78, 5) is 14.5. The zero-order valence-electron chi connectivity index (χ0n) is 15.5. The first kappa shape index (κ1) is 20.2. The van der Waals surface area contributed by atoms with Crippen LogP contribution in [0.2, 0.25) is 0 Å². The van der Waals surface area contributed by atoms with Gasteiger partial charge in [-0.1, -0.05) is 44.2 Å². The molecule has 1 aromatic heterocycles. The van der Waals surface area contributed by atoms with E-state index in [1.54, 1.807) is 23.3 Å². The monoisotopic (exact) mass is 378 g/mol. The van der Waals surface area contributed by atoms with E-state index in [0.717, 1.165) is 11.8 Å². The number of rotatable bonds is 9. The highest BCUT2D eigenvalue weighted by atomic mass is 32.2. The van der Waals surface area contributed by atoms with Crippen LogP contribution in [0.3, 0.4) is 0 Å². The largest absolute Gasteiger partial charge is 0.467 e. The van der Waals surface area contributed by atoms with Crippen LogP contribution < -0.4 is 0 Å². The van der Waals surface area contributed by atoms with Crippen LogP contribution in [-0.4, -0.2) is 42.9 Å². The van der Waals surface area contributed by atoms with Crippen molar-refractivity contribution in [2.24, 2.45) is 5.92 Å². The van der Waals surface area contributed by atoms with E-state index >= 15 is 0 Å². The van der Waals surface area contributed by atoms with Crippen molar-refractivity contribution in [3.05, 3.63) is 60.1 Å². The first-order valence-corrected chi connectivity index (χ1v) is 10.4. The third-order valence-corrected chi connectivity index (χ3v) is 5.06. The van der Waals surface area contributed by atoms with Gasteiger partial charge in [-0.25, -0.2) is 8.42 Å². The molecule has 0 spiro atoms. The maximum Gasteiger partial charge on any atom is 0.238 e. The predicted molar refractivity (Wildman–Crippen MR) is 101 cm³/mol. The summed E-state index contributed by atoms with van der Waals surface area (Å²) in [6, 6.07) is 13.2. The minimum absolute atomic E-state index is 0.130. The molecule has 0 bridgehead atoms. The van der Waals surface area contributed by atoms with Crippen LogP contribution >= 0.6 is 0 Å². The molecule has 0 aliphatic rings. The number of amides is 1. The Hall–Kier alpha value is -2.12. The highest BCUT2D eigenvalue weighted by molar-refractivity contribution is 7.88. The van der Waals surface area contributed by atoms with Gasteiger partial charge < -0.3 is 9.32 Å². The molecule has 7 heteroatoms. The van der Waals surface area contributed by atoms with E-state index < -0.39 is 10.0 Å². The summed E-state index contributed by atoms with van der Waals surface area (Å²) in [7, 11) is -3.46. The van der Waals surface area contributed by atoms with Crippen LogP contribution in [0.1, 0.15) is 25.2 Å². The lowest BCUT2D eigenvalue weighted by molar-refractivity contribution is -0.133. The van der Waals surface area contributed by atoms with Crippen molar-refractivity contribution in [1.29, 1.82) is 0 Å². The molecule has 6 nitrogen and oxygen atoms in total. The number of nitrogens with zero attached hydrogens (tertiary/aromatic N) is 2. The van der Waals surface area contributed by atoms with Gasteiger partial charge >= 0.3 is 0 Å². The molecule has 1 amide bonds. The molecule has 2 aromatic rings. The van der Waals surface area contributed by atoms with Crippen molar-refractivity contribution in [3.8, 4) is 0 Å². The Labute approximate surface area is 155 Å². The molecule has 142 valence electrons. The number of furan rings is 1. The van der Waals surface area contributed by atoms with Gasteiger partial charge in [0, 0.05) is 13.1 Å².